The molecule has 0 radical (unpaired) electrons. The summed E-state index contributed by atoms with van der Waals surface area (Å²) in [6, 6.07) is 29.8. The molecule has 41 heteroatoms. The van der Waals surface area contributed by atoms with Crippen molar-refractivity contribution in [1.82, 2.24) is 29.6 Å². The second kappa shape index (κ2) is 61.4. The number of primary sulfonamides is 1. The first-order chi connectivity index (χ1) is 62.0. The molecular formula is C91H136Cl7F3N10O19S2. The fraction of sp³-hybridized carbons (Fsp3) is 0.604. The van der Waals surface area contributed by atoms with Gasteiger partial charge < -0.3 is 84.0 Å². The van der Waals surface area contributed by atoms with Crippen molar-refractivity contribution in [2.75, 3.05) is 138 Å². The van der Waals surface area contributed by atoms with Crippen LogP contribution in [0.2, 0.25) is 35.2 Å². The molecule has 0 saturated carbocycles. The van der Waals surface area contributed by atoms with E-state index in [0.29, 0.717) is 37.1 Å². The van der Waals surface area contributed by atoms with Crippen LogP contribution in [-0.4, -0.2) is 267 Å². The molecule has 0 aliphatic carbocycles. The molecule has 0 bridgehead atoms. The zero-order chi connectivity index (χ0) is 99.3. The summed E-state index contributed by atoms with van der Waals surface area (Å²) in [5, 5.41) is 89.6. The number of aliphatic hydroxyl groups excluding tert-OH is 5. The molecule has 5 heterocycles. The number of anilines is 1. The van der Waals surface area contributed by atoms with E-state index >= 15 is 0 Å². The van der Waals surface area contributed by atoms with Gasteiger partial charge in [-0.25, -0.2) is 31.6 Å². The number of ether oxygens (including phenoxy) is 1. The molecule has 0 spiro atoms. The van der Waals surface area contributed by atoms with Gasteiger partial charge in [-0.3, -0.25) is 9.80 Å². The normalized spacial score (nSPS) is 16.6. The van der Waals surface area contributed by atoms with E-state index in [-0.39, 0.29) is 55.1 Å². The van der Waals surface area contributed by atoms with Gasteiger partial charge in [-0.15, -0.1) is 0 Å². The molecule has 29 nitrogen and oxygen atoms in total. The number of halogens is 10. The van der Waals surface area contributed by atoms with Gasteiger partial charge >= 0.3 is 18.1 Å². The molecule has 132 heavy (non-hydrogen) atoms. The lowest BCUT2D eigenvalue weighted by molar-refractivity contribution is -0.899. The van der Waals surface area contributed by atoms with Crippen LogP contribution in [0.4, 0.5) is 18.9 Å². The van der Waals surface area contributed by atoms with E-state index in [4.69, 9.17) is 131 Å². The molecule has 5 aromatic carbocycles. The summed E-state index contributed by atoms with van der Waals surface area (Å²) in [5.74, 6) is -2.62. The average Bonchev–Trinajstić information content (AvgIpc) is 0.876. The Labute approximate surface area is 811 Å². The highest BCUT2D eigenvalue weighted by atomic mass is 35.5. The number of carbonyl (C=O) groups excluding carboxylic acids is 2. The predicted molar refractivity (Wildman–Crippen MR) is 508 cm³/mol. The third-order valence-corrected chi connectivity index (χ3v) is 28.2. The van der Waals surface area contributed by atoms with Crippen LogP contribution in [0.15, 0.2) is 111 Å². The average molecular weight is 2040 g/mol. The van der Waals surface area contributed by atoms with Crippen LogP contribution in [0.5, 0.6) is 0 Å². The Kier molecular flexibility index (Phi) is 56.0. The molecule has 7 atom stereocenters. The van der Waals surface area contributed by atoms with Crippen LogP contribution in [-0.2, 0) is 56.6 Å². The van der Waals surface area contributed by atoms with Crippen molar-refractivity contribution in [1.29, 1.82) is 0 Å². The number of fused-ring (bicyclic) bond motifs is 1. The summed E-state index contributed by atoms with van der Waals surface area (Å²) in [6.07, 6.45) is 9.56. The molecule has 746 valence electrons. The van der Waals surface area contributed by atoms with Gasteiger partial charge in [0.1, 0.15) is 17.1 Å². The molecule has 0 amide bonds. The van der Waals surface area contributed by atoms with E-state index < -0.39 is 89.9 Å². The number of piperazine rings is 1. The molecule has 3 fully saturated rings. The maximum absolute atomic E-state index is 12.8. The van der Waals surface area contributed by atoms with Gasteiger partial charge in [0.05, 0.1) is 144 Å². The second-order valence-electron chi connectivity index (χ2n) is 34.4. The van der Waals surface area contributed by atoms with E-state index in [9.17, 15) is 59.4 Å². The molecule has 3 saturated heterocycles. The number of likely N-dealkylation sites (N-methyl/N-ethyl adjacent to an activating group) is 1. The predicted octanol–water partition coefficient (Wildman–Crippen LogP) is 14.1. The quantitative estimate of drug-likeness (QED) is 0.00741. The molecule has 7 unspecified atom stereocenters. The van der Waals surface area contributed by atoms with Gasteiger partial charge in [0.2, 0.25) is 31.8 Å². The lowest BCUT2D eigenvalue weighted by Gasteiger charge is -2.39. The number of aliphatic carboxylic acids is 4. The van der Waals surface area contributed by atoms with Crippen LogP contribution >= 0.6 is 81.2 Å². The Hall–Kier alpha value is -5.88. The number of hydrogen-bond donors (Lipinski definition) is 10. The zero-order valence-electron chi connectivity index (χ0n) is 77.0. The molecular weight excluding hydrogens is 1910 g/mol. The molecule has 6 aromatic rings. The number of nitrogens with zero attached hydrogens (tertiary/aromatic N) is 7. The second-order valence-corrected chi connectivity index (χ2v) is 40.4. The third kappa shape index (κ3) is 44.7. The Balaban J connectivity index is 0.000000396. The van der Waals surface area contributed by atoms with Crippen molar-refractivity contribution in [2.45, 2.75) is 211 Å². The molecule has 10 rings (SSSR count). The lowest BCUT2D eigenvalue weighted by Crippen LogP contribution is -2.48. The fourth-order valence-corrected chi connectivity index (χ4v) is 18.3. The van der Waals surface area contributed by atoms with Crippen molar-refractivity contribution < 1.29 is 113 Å². The standard InChI is InChI=1S/C21H27ClN2O2.C19H40.C15H32N2.C14H19N3O.C8H8F3N3O4S2.C6Cl6.2C4H6O6/c22-20-8-6-19(7-9-20)21(18-4-2-1-3-5-18)24-12-10-23(11-13-24)14-16-26-17-15-25;1-16(2)10-7-12-18(5)14-9-15-19(6)13-8-11-17(3)4;1-16(12-6-7-13-16)10-4-3-5-11-17(2)14-8-9-15-17;1-3-17(4-2)11-10-13-15-14(16-18-13)12-8-6-5-7-9-12;9-8(10,11)4-1-5-7(2-6(4)19(12,15)16)20(17,18)14-3-13-5;7-1-2(8)4(10)6(12)5(11)3(1)9;2*5-1(3(7)8)2(6)4(9)10/h1-9,21,25H,10-17H2;16-19H,7-15H2,1-6H3;3-15H2,1-2H3;5-9H,3-4,10-11H2,1-2H3;1-2,13-14H,3H2,(H2,12,15,16);;2*1-2,5-6H,(H,7,8)(H,9,10)/q;;+2;;;;;/p-2. The number of rotatable bonds is 39. The maximum atomic E-state index is 12.8. The van der Waals surface area contributed by atoms with Crippen LogP contribution < -0.4 is 25.4 Å². The number of nitrogens with two attached hydrogens (primary N) is 1. The monoisotopic (exact) mass is 2040 g/mol. The number of alkyl halides is 3. The van der Waals surface area contributed by atoms with Crippen molar-refractivity contribution in [3.8, 4) is 11.4 Å². The number of likely N-dealkylation sites (tertiary alicyclic amines) is 2. The van der Waals surface area contributed by atoms with Crippen LogP contribution in [0.1, 0.15) is 187 Å². The van der Waals surface area contributed by atoms with E-state index in [1.54, 1.807) is 0 Å². The van der Waals surface area contributed by atoms with Gasteiger partial charge in [-0.2, -0.15) is 22.9 Å². The summed E-state index contributed by atoms with van der Waals surface area (Å²) in [4.78, 5) is 48.6. The number of hydrogen-bond acceptors (Lipinski definition) is 23. The number of carbonyl (C=O) groups is 4. The smallest absolute Gasteiger partial charge is 0.417 e. The van der Waals surface area contributed by atoms with E-state index in [0.717, 1.165) is 93.0 Å². The number of aromatic nitrogens is 2. The number of sulfonamides is 2. The van der Waals surface area contributed by atoms with Crippen molar-refractivity contribution in [3.05, 3.63) is 155 Å². The number of carboxylic acid groups (broad SMARTS) is 4. The molecule has 11 N–H and O–H groups in total. The first kappa shape index (κ1) is 120. The number of carboxylic acids is 4. The molecule has 1 aromatic heterocycles. The van der Waals surface area contributed by atoms with E-state index in [2.05, 4.69) is 142 Å². The number of benzene rings is 5. The summed E-state index contributed by atoms with van der Waals surface area (Å²) in [7, 11) is -3.91. The van der Waals surface area contributed by atoms with E-state index in [1.807, 2.05) is 47.2 Å². The summed E-state index contributed by atoms with van der Waals surface area (Å²) in [5.41, 5.74) is 1.72. The SMILES string of the molecule is CC(C)CCCC(C)CCCC(C)CCCC(C)C.CCN(CC)CCc1nc(-c2ccccc2)no1.C[N+]1(CCCCC[N+]2(C)CCCC2)CCCC1.Clc1c(Cl)c(Cl)c(Cl)c(Cl)c1Cl.NS(=O)(=O)c1cc2c(cc1C(F)(F)F)NCNS2(=O)=O.O=C([O-])C(O)C(O)C(=O)O.O=C([O-])C(O)C(O)C(=O)O.OCCOCCN1CCN(C(c2ccccc2)c2ccc(Cl)cc2)CC1. The molecule has 4 aliphatic heterocycles. The Morgan fingerprint density at radius 3 is 1.42 bits per heavy atom. The number of aliphatic hydroxyl groups is 5. The minimum atomic E-state index is -4.99. The highest BCUT2D eigenvalue weighted by Gasteiger charge is 2.40. The van der Waals surface area contributed by atoms with Crippen molar-refractivity contribution >= 4 is 131 Å². The Bertz CT molecular complexity index is 4380. The number of quaternary nitrogens is 2. The Morgan fingerprint density at radius 1 is 0.614 bits per heavy atom. The van der Waals surface area contributed by atoms with Crippen molar-refractivity contribution in [3.63, 3.8) is 0 Å². The fourth-order valence-electron chi connectivity index (χ4n) is 14.8. The van der Waals surface area contributed by atoms with Crippen LogP contribution in [0, 0.1) is 23.7 Å². The minimum Gasteiger partial charge on any atom is -0.547 e. The number of nitrogens with one attached hydrogen (secondary N) is 2. The van der Waals surface area contributed by atoms with Crippen LogP contribution in [0.3, 0.4) is 0 Å². The lowest BCUT2D eigenvalue weighted by atomic mass is 9.91. The maximum Gasteiger partial charge on any atom is 0.417 e. The summed E-state index contributed by atoms with van der Waals surface area (Å²) < 4.78 is 99.6. The summed E-state index contributed by atoms with van der Waals surface area (Å²) >= 11 is 40.1. The van der Waals surface area contributed by atoms with Crippen LogP contribution in [0.25, 0.3) is 11.4 Å². The van der Waals surface area contributed by atoms with Gasteiger partial charge in [-0.05, 0) is 91.4 Å². The van der Waals surface area contributed by atoms with Gasteiger partial charge in [0.25, 0.3) is 0 Å². The first-order valence-electron chi connectivity index (χ1n) is 44.5. The van der Waals surface area contributed by atoms with E-state index in [1.165, 1.54) is 162 Å². The van der Waals surface area contributed by atoms with Gasteiger partial charge in [0, 0.05) is 82.0 Å². The highest BCUT2D eigenvalue weighted by Crippen LogP contribution is 2.46. The summed E-state index contributed by atoms with van der Waals surface area (Å²) in [6.45, 7) is 36.1. The minimum absolute atomic E-state index is 0.0909. The molecule has 4 aliphatic rings. The van der Waals surface area contributed by atoms with Gasteiger partial charge in [-0.1, -0.05) is 272 Å². The number of unbranched alkanes of at least 4 members (excludes halogenated alkanes) is 2. The van der Waals surface area contributed by atoms with Crippen molar-refractivity contribution in [2.24, 2.45) is 28.8 Å². The zero-order valence-corrected chi connectivity index (χ0v) is 83.9. The Morgan fingerprint density at radius 2 is 1.04 bits per heavy atom. The third-order valence-electron chi connectivity index (χ3n) is 22.7. The highest BCUT2D eigenvalue weighted by molar-refractivity contribution is 7.90. The first-order valence-corrected chi connectivity index (χ1v) is 50.2. The largest absolute Gasteiger partial charge is 0.547 e. The van der Waals surface area contributed by atoms with Gasteiger partial charge in [0.15, 0.2) is 12.2 Å². The topological polar surface area (TPSA) is 432 Å².